The fourth-order valence-electron chi connectivity index (χ4n) is 7.28. The van der Waals surface area contributed by atoms with Gasteiger partial charge in [0.25, 0.3) is 0 Å². The van der Waals surface area contributed by atoms with Crippen LogP contribution in [-0.2, 0) is 20.5 Å². The molecular formula is C46H56ClN3O4Ru-. The number of carbonyl (C=O) groups excluding carboxylic acids is 2. The van der Waals surface area contributed by atoms with E-state index < -0.39 is 27.7 Å². The molecule has 1 atom stereocenters. The van der Waals surface area contributed by atoms with E-state index in [0.717, 1.165) is 18.7 Å². The van der Waals surface area contributed by atoms with Crippen molar-refractivity contribution in [2.24, 2.45) is 0 Å². The van der Waals surface area contributed by atoms with Crippen molar-refractivity contribution in [1.29, 1.82) is 0 Å². The van der Waals surface area contributed by atoms with Crippen molar-refractivity contribution in [3.05, 3.63) is 119 Å². The van der Waals surface area contributed by atoms with Gasteiger partial charge in [-0.1, -0.05) is 91.8 Å². The fraction of sp³-hybridized carbons (Fsp3) is 0.391. The Morgan fingerprint density at radius 2 is 1.27 bits per heavy atom. The summed E-state index contributed by atoms with van der Waals surface area (Å²) in [5.74, 6) is 2.47. The molecule has 0 saturated carbocycles. The van der Waals surface area contributed by atoms with Crippen LogP contribution in [0.15, 0.2) is 78.9 Å². The molecule has 4 aromatic rings. The van der Waals surface area contributed by atoms with Gasteiger partial charge < -0.3 is 9.80 Å². The van der Waals surface area contributed by atoms with Gasteiger partial charge in [0.2, 0.25) is 0 Å². The van der Waals surface area contributed by atoms with Crippen LogP contribution < -0.4 is 24.2 Å². The number of fused-ring (bicyclic) bond motifs is 1. The van der Waals surface area contributed by atoms with E-state index in [2.05, 4.69) is 108 Å². The topological polar surface area (TPSA) is 62.3 Å². The maximum absolute atomic E-state index is 13.1. The number of imide groups is 1. The zero-order valence-corrected chi connectivity index (χ0v) is 36.4. The summed E-state index contributed by atoms with van der Waals surface area (Å²) in [4.78, 5) is 32.1. The molecule has 2 amide bonds. The second-order valence-corrected chi connectivity index (χ2v) is 17.1. The van der Waals surface area contributed by atoms with Crippen molar-refractivity contribution < 1.29 is 34.7 Å². The monoisotopic (exact) mass is 851 g/mol. The van der Waals surface area contributed by atoms with Gasteiger partial charge in [0.15, 0.2) is 0 Å². The second kappa shape index (κ2) is 18.8. The standard InChI is InChI=1S/C27H39N2.C19H17NO4.ClH.Ru/c1-18(2)22-11-9-12-23(19(3)4)26(22)28-15-16-29(17-28)27-24(20(5)6)13-10-14-25(27)21(7)8;1-4-16-19(22)20(15-7-5-6-12(2)17(15)24-16)18(21)13-8-10-14(23-3)11-9-13;;/h9-14,17-21H,15-16H2,1-8H3;2,5-11,16H,4H2,1,3H3;1H;/q-1;;;+1/p-1. The first-order valence-corrected chi connectivity index (χ1v) is 22.6. The Bertz CT molecular complexity index is 1870. The number of amides is 2. The molecule has 7 nitrogen and oxygen atoms in total. The maximum atomic E-state index is 13.1. The summed E-state index contributed by atoms with van der Waals surface area (Å²) in [6, 6.07) is 25.7. The Morgan fingerprint density at radius 3 is 1.69 bits per heavy atom. The first-order chi connectivity index (χ1) is 26.3. The molecule has 1 fully saturated rings. The predicted octanol–water partition coefficient (Wildman–Crippen LogP) is 11.1. The van der Waals surface area contributed by atoms with E-state index in [4.69, 9.17) is 19.2 Å². The van der Waals surface area contributed by atoms with Crippen molar-refractivity contribution >= 4 is 43.2 Å². The summed E-state index contributed by atoms with van der Waals surface area (Å²) >= 11 is -0.464. The number of carbonyl (C=O) groups is 2. The Hall–Kier alpha value is -4.00. The molecule has 295 valence electrons. The molecule has 0 bridgehead atoms. The van der Waals surface area contributed by atoms with Gasteiger partial charge in [-0.15, -0.1) is 0 Å². The quantitative estimate of drug-likeness (QED) is 0.0900. The third kappa shape index (κ3) is 9.19. The third-order valence-corrected chi connectivity index (χ3v) is 11.4. The molecule has 0 aromatic heterocycles. The van der Waals surface area contributed by atoms with Gasteiger partial charge in [-0.25, -0.2) is 0 Å². The molecule has 2 aliphatic heterocycles. The summed E-state index contributed by atoms with van der Waals surface area (Å²) in [6.07, 6.45) is -0.238. The summed E-state index contributed by atoms with van der Waals surface area (Å²) in [5.41, 5.74) is 10.3. The van der Waals surface area contributed by atoms with Crippen LogP contribution in [0.1, 0.15) is 131 Å². The predicted molar refractivity (Wildman–Crippen MR) is 225 cm³/mol. The van der Waals surface area contributed by atoms with E-state index in [-0.39, 0.29) is 5.91 Å². The summed E-state index contributed by atoms with van der Waals surface area (Å²) in [7, 11) is 7.48. The van der Waals surface area contributed by atoms with Crippen LogP contribution in [0.3, 0.4) is 0 Å². The Kier molecular flexibility index (Phi) is 14.4. The number of benzene rings is 4. The van der Waals surface area contributed by atoms with E-state index in [9.17, 15) is 9.59 Å². The average Bonchev–Trinajstić information content (AvgIpc) is 3.67. The zero-order valence-electron chi connectivity index (χ0n) is 33.9. The zero-order chi connectivity index (χ0) is 40.0. The molecule has 0 radical (unpaired) electrons. The van der Waals surface area contributed by atoms with Gasteiger partial charge in [0.1, 0.15) is 0 Å². The normalized spacial score (nSPS) is 15.7. The molecule has 2 heterocycles. The molecule has 9 heteroatoms. The molecule has 6 rings (SSSR count). The molecule has 0 aliphatic carbocycles. The molecule has 0 N–H and O–H groups in total. The molecule has 55 heavy (non-hydrogen) atoms. The minimum atomic E-state index is -0.703. The number of para-hydroxylation sites is 3. The Labute approximate surface area is 340 Å². The molecular weight excluding hydrogens is 795 g/mol. The number of anilines is 3. The van der Waals surface area contributed by atoms with Crippen molar-refractivity contribution in [2.75, 3.05) is 34.9 Å². The Balaban J connectivity index is 0.000000212. The van der Waals surface area contributed by atoms with E-state index in [0.29, 0.717) is 52.8 Å². The molecule has 2 aliphatic rings. The first-order valence-electron chi connectivity index (χ1n) is 19.3. The van der Waals surface area contributed by atoms with E-state index in [1.807, 2.05) is 17.6 Å². The van der Waals surface area contributed by atoms with Crippen molar-refractivity contribution in [3.63, 3.8) is 0 Å². The number of hydrogen-bond donors (Lipinski definition) is 0. The van der Waals surface area contributed by atoms with Crippen LogP contribution in [-0.4, -0.2) is 42.7 Å². The van der Waals surface area contributed by atoms with Gasteiger partial charge in [0.05, 0.1) is 0 Å². The van der Waals surface area contributed by atoms with Crippen LogP contribution >= 0.6 is 9.69 Å². The van der Waals surface area contributed by atoms with Crippen LogP contribution in [0.4, 0.5) is 17.1 Å². The van der Waals surface area contributed by atoms with Gasteiger partial charge >= 0.3 is 163 Å². The van der Waals surface area contributed by atoms with Gasteiger partial charge in [-0.2, -0.15) is 6.67 Å². The Morgan fingerprint density at radius 1 is 0.800 bits per heavy atom. The summed E-state index contributed by atoms with van der Waals surface area (Å²) in [5, 5.41) is 0. The van der Waals surface area contributed by atoms with E-state index in [1.165, 1.54) is 38.5 Å². The average molecular weight is 851 g/mol. The molecule has 1 saturated heterocycles. The summed E-state index contributed by atoms with van der Waals surface area (Å²) in [6.45, 7) is 24.8. The van der Waals surface area contributed by atoms with Crippen LogP contribution in [0.25, 0.3) is 0 Å². The number of halogens is 1. The van der Waals surface area contributed by atoms with Gasteiger partial charge in [-0.3, -0.25) is 0 Å². The second-order valence-electron chi connectivity index (χ2n) is 15.3. The minimum absolute atomic E-state index is 0.364. The van der Waals surface area contributed by atoms with Crippen molar-refractivity contribution in [1.82, 2.24) is 0 Å². The molecule has 4 aromatic carbocycles. The van der Waals surface area contributed by atoms with Gasteiger partial charge in [0, 0.05) is 24.5 Å². The SMILES string of the molecule is CC(C)c1cccc(C(C)C)c1N1[CH-]N(c2c(C(C)C)cccc2C(C)C)CC1.CCC1Oc2c([CH]=[Ru][Cl])cccc2N(C(=O)c2ccc(OC)cc2)C1=O. The van der Waals surface area contributed by atoms with E-state index >= 15 is 0 Å². The third-order valence-electron chi connectivity index (χ3n) is 10.2. The summed E-state index contributed by atoms with van der Waals surface area (Å²) < 4.78 is 12.9. The number of nitrogens with zero attached hydrogens (tertiary/aromatic N) is 3. The van der Waals surface area contributed by atoms with Crippen molar-refractivity contribution in [2.45, 2.75) is 98.5 Å². The van der Waals surface area contributed by atoms with Crippen LogP contribution in [0.5, 0.6) is 11.5 Å². The van der Waals surface area contributed by atoms with Crippen LogP contribution in [0.2, 0.25) is 0 Å². The van der Waals surface area contributed by atoms with E-state index in [1.54, 1.807) is 43.5 Å². The van der Waals surface area contributed by atoms with Crippen molar-refractivity contribution in [3.8, 4) is 11.5 Å². The van der Waals surface area contributed by atoms with Gasteiger partial charge in [-0.05, 0) is 45.9 Å². The molecule has 1 unspecified atom stereocenters. The first kappa shape index (κ1) is 42.2. The number of hydrogen-bond acceptors (Lipinski definition) is 6. The van der Waals surface area contributed by atoms with Crippen LogP contribution in [0, 0.1) is 6.67 Å². The fourth-order valence-corrected chi connectivity index (χ4v) is 8.37. The number of rotatable bonds is 10. The number of ether oxygens (including phenoxy) is 2. The number of methoxy groups -OCH3 is 1. The molecule has 0 spiro atoms.